The zero-order valence-electron chi connectivity index (χ0n) is 7.15. The van der Waals surface area contributed by atoms with Crippen molar-refractivity contribution in [2.75, 3.05) is 0 Å². The molecule has 0 heterocycles. The number of hydrogen-bond acceptors (Lipinski definition) is 4. The summed E-state index contributed by atoms with van der Waals surface area (Å²) in [6, 6.07) is 5.91. The van der Waals surface area contributed by atoms with E-state index in [1.807, 2.05) is 0 Å². The lowest BCUT2D eigenvalue weighted by atomic mass is 10.3. The number of aromatic hydroxyl groups is 1. The summed E-state index contributed by atoms with van der Waals surface area (Å²) >= 11 is -3.47. The molecular weight excluding hydrogens is 342 g/mol. The zero-order valence-corrected chi connectivity index (χ0v) is 10.2. The van der Waals surface area contributed by atoms with E-state index in [0.717, 1.165) is 0 Å². The Hall–Kier alpha value is -0.540. The second-order valence-electron chi connectivity index (χ2n) is 2.18. The molecular formula is C6H8IO7P. The van der Waals surface area contributed by atoms with E-state index < -0.39 is 27.6 Å². The van der Waals surface area contributed by atoms with Gasteiger partial charge in [-0.25, -0.2) is 10.7 Å². The van der Waals surface area contributed by atoms with E-state index in [1.54, 1.807) is 12.1 Å². The first-order valence-corrected chi connectivity index (χ1v) is 7.74. The van der Waals surface area contributed by atoms with Crippen molar-refractivity contribution >= 4 is 27.6 Å². The van der Waals surface area contributed by atoms with Gasteiger partial charge in [0, 0.05) is 0 Å². The van der Waals surface area contributed by atoms with Crippen molar-refractivity contribution in [3.05, 3.63) is 27.8 Å². The van der Waals surface area contributed by atoms with Gasteiger partial charge in [-0.15, -0.1) is 0 Å². The van der Waals surface area contributed by atoms with Crippen molar-refractivity contribution in [3.8, 4) is 5.75 Å². The molecule has 1 aromatic rings. The number of para-hydroxylation sites is 1. The molecule has 0 atom stereocenters. The molecule has 7 nitrogen and oxygen atoms in total. The summed E-state index contributed by atoms with van der Waals surface area (Å²) in [6.45, 7) is 0. The van der Waals surface area contributed by atoms with E-state index in [2.05, 4.69) is 0 Å². The third-order valence-electron chi connectivity index (χ3n) is 1.02. The van der Waals surface area contributed by atoms with E-state index in [1.165, 1.54) is 12.1 Å². The maximum atomic E-state index is 10.4. The van der Waals surface area contributed by atoms with Crippen molar-refractivity contribution in [2.45, 2.75) is 0 Å². The smallest absolute Gasteiger partial charge is 0.466 e. The fraction of sp³-hybridized carbons (Fsp3) is 0. The SMILES string of the molecule is O=I(=O)c1ccccc1O.O=P(O)(O)O. The molecule has 0 amide bonds. The number of hydrogen-bond donors (Lipinski definition) is 4. The normalized spacial score (nSPS) is 10.7. The Morgan fingerprint density at radius 1 is 1.07 bits per heavy atom. The molecule has 0 aliphatic heterocycles. The second kappa shape index (κ2) is 6.13. The van der Waals surface area contributed by atoms with Crippen LogP contribution in [0.2, 0.25) is 0 Å². The number of phenols is 1. The van der Waals surface area contributed by atoms with Gasteiger partial charge in [0.15, 0.2) is 0 Å². The lowest BCUT2D eigenvalue weighted by Crippen LogP contribution is -1.71. The highest BCUT2D eigenvalue weighted by atomic mass is 127. The molecule has 0 saturated heterocycles. The van der Waals surface area contributed by atoms with Gasteiger partial charge >= 0.3 is 27.6 Å². The Labute approximate surface area is 91.8 Å². The van der Waals surface area contributed by atoms with E-state index in [-0.39, 0.29) is 9.32 Å². The van der Waals surface area contributed by atoms with Crippen molar-refractivity contribution in [1.29, 1.82) is 0 Å². The van der Waals surface area contributed by atoms with Gasteiger partial charge in [-0.05, 0) is 12.1 Å². The molecule has 1 rings (SSSR count). The van der Waals surface area contributed by atoms with Gasteiger partial charge in [0.2, 0.25) is 0 Å². The van der Waals surface area contributed by atoms with Crippen molar-refractivity contribution in [3.63, 3.8) is 0 Å². The molecule has 0 saturated carbocycles. The number of benzene rings is 1. The first-order chi connectivity index (χ1) is 6.72. The fourth-order valence-electron chi connectivity index (χ4n) is 0.582. The summed E-state index contributed by atoms with van der Waals surface area (Å²) in [5, 5.41) is 8.92. The predicted molar refractivity (Wildman–Crippen MR) is 56.5 cm³/mol. The molecule has 0 aromatic heterocycles. The summed E-state index contributed by atoms with van der Waals surface area (Å²) in [5.41, 5.74) is 0. The molecule has 86 valence electrons. The summed E-state index contributed by atoms with van der Waals surface area (Å²) < 4.78 is 29.7. The Bertz CT molecular complexity index is 419. The van der Waals surface area contributed by atoms with Crippen LogP contribution in [0, 0.1) is 3.57 Å². The Kier molecular flexibility index (Phi) is 5.91. The van der Waals surface area contributed by atoms with Crippen LogP contribution in [0.3, 0.4) is 0 Å². The molecule has 0 radical (unpaired) electrons. The number of phenolic OH excluding ortho intramolecular Hbond substituents is 1. The topological polar surface area (TPSA) is 132 Å². The molecule has 15 heavy (non-hydrogen) atoms. The van der Waals surface area contributed by atoms with E-state index in [4.69, 9.17) is 24.4 Å². The minimum absolute atomic E-state index is 0.0618. The highest BCUT2D eigenvalue weighted by molar-refractivity contribution is 14.2. The quantitative estimate of drug-likeness (QED) is 0.436. The fourth-order valence-corrected chi connectivity index (χ4v) is 1.71. The van der Waals surface area contributed by atoms with Crippen LogP contribution in [-0.4, -0.2) is 19.8 Å². The van der Waals surface area contributed by atoms with Gasteiger partial charge in [-0.2, -0.15) is 0 Å². The Morgan fingerprint density at radius 2 is 1.47 bits per heavy atom. The number of phosphoric acid groups is 1. The minimum atomic E-state index is -4.64. The van der Waals surface area contributed by atoms with Gasteiger partial charge in [-0.1, -0.05) is 12.1 Å². The van der Waals surface area contributed by atoms with Gasteiger partial charge < -0.3 is 19.8 Å². The van der Waals surface area contributed by atoms with Gasteiger partial charge in [0.05, 0.1) is 0 Å². The summed E-state index contributed by atoms with van der Waals surface area (Å²) in [4.78, 5) is 21.6. The monoisotopic (exact) mass is 350 g/mol. The highest BCUT2D eigenvalue weighted by Gasteiger charge is 2.02. The van der Waals surface area contributed by atoms with Crippen molar-refractivity contribution in [2.24, 2.45) is 0 Å². The van der Waals surface area contributed by atoms with Gasteiger partial charge in [0.25, 0.3) is 0 Å². The minimum Gasteiger partial charge on any atom is -0.507 e. The molecule has 9 heteroatoms. The summed E-state index contributed by atoms with van der Waals surface area (Å²) in [7, 11) is -4.64. The standard InChI is InChI=1S/C6H5IO3.H3O4P/c8-6-4-2-1-3-5(6)7(9)10;1-5(2,3)4/h1-4,8H;(H3,1,2,3,4). The molecule has 0 spiro atoms. The second-order valence-corrected chi connectivity index (χ2v) is 5.61. The molecule has 0 aliphatic rings. The van der Waals surface area contributed by atoms with Gasteiger partial charge in [0.1, 0.15) is 9.32 Å². The third-order valence-corrected chi connectivity index (χ3v) is 2.88. The van der Waals surface area contributed by atoms with Crippen LogP contribution < -0.4 is 0 Å². The summed E-state index contributed by atoms with van der Waals surface area (Å²) in [5.74, 6) is -0.155. The van der Waals surface area contributed by atoms with Crippen LogP contribution in [0.25, 0.3) is 0 Å². The molecule has 0 bridgehead atoms. The highest BCUT2D eigenvalue weighted by Crippen LogP contribution is 2.26. The van der Waals surface area contributed by atoms with Crippen molar-refractivity contribution < 1.29 is 30.5 Å². The lowest BCUT2D eigenvalue weighted by Gasteiger charge is -1.90. The van der Waals surface area contributed by atoms with Crippen LogP contribution in [0.1, 0.15) is 0 Å². The summed E-state index contributed by atoms with van der Waals surface area (Å²) in [6.07, 6.45) is 0. The van der Waals surface area contributed by atoms with Crippen LogP contribution in [0.15, 0.2) is 24.3 Å². The van der Waals surface area contributed by atoms with E-state index >= 15 is 0 Å². The lowest BCUT2D eigenvalue weighted by molar-refractivity contribution is 0.275. The predicted octanol–water partition coefficient (Wildman–Crippen LogP) is 0.831. The van der Waals surface area contributed by atoms with E-state index in [9.17, 15) is 6.14 Å². The van der Waals surface area contributed by atoms with Crippen molar-refractivity contribution in [1.82, 2.24) is 0 Å². The maximum Gasteiger partial charge on any atom is 0.466 e. The first kappa shape index (κ1) is 14.5. The molecule has 1 aromatic carbocycles. The zero-order chi connectivity index (χ0) is 12.1. The van der Waals surface area contributed by atoms with E-state index in [0.29, 0.717) is 0 Å². The van der Waals surface area contributed by atoms with Crippen LogP contribution in [0.4, 0.5) is 0 Å². The largest absolute Gasteiger partial charge is 0.507 e. The van der Waals surface area contributed by atoms with Crippen LogP contribution in [0.5, 0.6) is 5.75 Å². The Morgan fingerprint density at radius 3 is 1.73 bits per heavy atom. The Balaban J connectivity index is 0.000000336. The average molecular weight is 350 g/mol. The molecule has 4 N–H and O–H groups in total. The third kappa shape index (κ3) is 8.45. The molecule has 0 unspecified atom stereocenters. The average Bonchev–Trinajstić information content (AvgIpc) is 2.01. The van der Waals surface area contributed by atoms with Crippen LogP contribution >= 0.6 is 27.6 Å². The molecule has 0 fully saturated rings. The maximum absolute atomic E-state index is 10.4. The van der Waals surface area contributed by atoms with Crippen LogP contribution in [-0.2, 0) is 10.7 Å². The molecule has 0 aliphatic carbocycles. The number of rotatable bonds is 1. The number of halogens is 1. The first-order valence-electron chi connectivity index (χ1n) is 3.33. The van der Waals surface area contributed by atoms with Gasteiger partial charge in [-0.3, -0.25) is 0 Å².